The summed E-state index contributed by atoms with van der Waals surface area (Å²) in [4.78, 5) is 0. The highest BCUT2D eigenvalue weighted by Gasteiger charge is 2.07. The van der Waals surface area contributed by atoms with E-state index in [9.17, 15) is 0 Å². The van der Waals surface area contributed by atoms with Crippen molar-refractivity contribution in [2.45, 2.75) is 17.3 Å². The molecule has 6 heavy (non-hydrogen) atoms. The summed E-state index contributed by atoms with van der Waals surface area (Å²) in [5.41, 5.74) is 0. The first-order valence-corrected chi connectivity index (χ1v) is 3.42. The Morgan fingerprint density at radius 2 is 1.83 bits per heavy atom. The molecule has 0 aromatic rings. The molecule has 0 saturated carbocycles. The number of halogens is 2. The van der Waals surface area contributed by atoms with E-state index in [1.165, 1.54) is 0 Å². The molecular formula is C4H8ClI. The Hall–Kier alpha value is 1.02. The van der Waals surface area contributed by atoms with Crippen molar-refractivity contribution in [2.75, 3.05) is 5.88 Å². The summed E-state index contributed by atoms with van der Waals surface area (Å²) in [6.07, 6.45) is 0. The molecule has 0 aliphatic rings. The summed E-state index contributed by atoms with van der Waals surface area (Å²) >= 11 is 7.78. The molecule has 0 nitrogen and oxygen atoms in total. The lowest BCUT2D eigenvalue weighted by atomic mass is 10.3. The van der Waals surface area contributed by atoms with Gasteiger partial charge in [0.15, 0.2) is 0 Å². The van der Waals surface area contributed by atoms with E-state index in [-0.39, 0.29) is 3.42 Å². The molecule has 0 heterocycles. The molecule has 0 fully saturated rings. The van der Waals surface area contributed by atoms with E-state index in [2.05, 4.69) is 36.4 Å². The van der Waals surface area contributed by atoms with Gasteiger partial charge in [0, 0.05) is 9.30 Å². The number of hydrogen-bond acceptors (Lipinski definition) is 0. The fourth-order valence-electron chi connectivity index (χ4n) is 0. The lowest BCUT2D eigenvalue weighted by Gasteiger charge is -2.08. The van der Waals surface area contributed by atoms with Crippen LogP contribution in [0.15, 0.2) is 0 Å². The number of alkyl halides is 2. The largest absolute Gasteiger partial charge is 0.125 e. The molecule has 0 bridgehead atoms. The van der Waals surface area contributed by atoms with Gasteiger partial charge in [0.05, 0.1) is 0 Å². The van der Waals surface area contributed by atoms with Crippen LogP contribution in [-0.2, 0) is 0 Å². The highest BCUT2D eigenvalue weighted by Crippen LogP contribution is 2.16. The molecule has 0 spiro atoms. The van der Waals surface area contributed by atoms with Crippen molar-refractivity contribution in [3.63, 3.8) is 0 Å². The normalized spacial score (nSPS) is 12.0. The maximum atomic E-state index is 5.47. The van der Waals surface area contributed by atoms with Crippen LogP contribution in [0.5, 0.6) is 0 Å². The van der Waals surface area contributed by atoms with E-state index >= 15 is 0 Å². The van der Waals surface area contributed by atoms with Gasteiger partial charge in [-0.15, -0.1) is 11.6 Å². The second-order valence-corrected chi connectivity index (χ2v) is 5.04. The Balaban J connectivity index is 3.17. The summed E-state index contributed by atoms with van der Waals surface area (Å²) in [5.74, 6) is 0.730. The van der Waals surface area contributed by atoms with Gasteiger partial charge >= 0.3 is 0 Å². The molecular weight excluding hydrogens is 210 g/mol. The Kier molecular flexibility index (Phi) is 2.76. The second kappa shape index (κ2) is 2.36. The fourth-order valence-corrected chi connectivity index (χ4v) is 0. The molecule has 0 N–H and O–H groups in total. The van der Waals surface area contributed by atoms with E-state index in [0.717, 1.165) is 5.88 Å². The van der Waals surface area contributed by atoms with Crippen molar-refractivity contribution >= 4 is 34.2 Å². The van der Waals surface area contributed by atoms with Crippen molar-refractivity contribution in [3.8, 4) is 0 Å². The second-order valence-electron chi connectivity index (χ2n) is 1.85. The molecule has 2 heteroatoms. The molecule has 0 unspecified atom stereocenters. The maximum absolute atomic E-state index is 5.47. The van der Waals surface area contributed by atoms with Crippen molar-refractivity contribution in [3.05, 3.63) is 0 Å². The summed E-state index contributed by atoms with van der Waals surface area (Å²) in [6, 6.07) is 0. The Morgan fingerprint density at radius 3 is 1.83 bits per heavy atom. The van der Waals surface area contributed by atoms with E-state index in [0.29, 0.717) is 0 Å². The van der Waals surface area contributed by atoms with Gasteiger partial charge in [-0.05, 0) is 13.8 Å². The minimum Gasteiger partial charge on any atom is -0.125 e. The van der Waals surface area contributed by atoms with Crippen LogP contribution in [0.1, 0.15) is 13.8 Å². The zero-order valence-corrected chi connectivity index (χ0v) is 6.88. The zero-order valence-electron chi connectivity index (χ0n) is 3.96. The molecule has 0 aromatic carbocycles. The topological polar surface area (TPSA) is 0 Å². The maximum Gasteiger partial charge on any atom is 0.0364 e. The van der Waals surface area contributed by atoms with Crippen LogP contribution in [0.4, 0.5) is 0 Å². The highest BCUT2D eigenvalue weighted by atomic mass is 127. The van der Waals surface area contributed by atoms with Gasteiger partial charge in [0.25, 0.3) is 0 Å². The predicted octanol–water partition coefficient (Wildman–Crippen LogP) is 2.44. The first-order valence-electron chi connectivity index (χ1n) is 1.81. The molecule has 0 aliphatic heterocycles. The average Bonchev–Trinajstić information content (AvgIpc) is 1.35. The molecule has 0 atom stereocenters. The van der Waals surface area contributed by atoms with Crippen LogP contribution >= 0.6 is 34.2 Å². The molecule has 0 amide bonds. The van der Waals surface area contributed by atoms with Gasteiger partial charge in [-0.1, -0.05) is 22.6 Å². The van der Waals surface area contributed by atoms with Crippen LogP contribution in [0.3, 0.4) is 0 Å². The van der Waals surface area contributed by atoms with Crippen LogP contribution < -0.4 is 0 Å². The Morgan fingerprint density at radius 1 is 1.67 bits per heavy atom. The first-order chi connectivity index (χ1) is 2.56. The van der Waals surface area contributed by atoms with E-state index < -0.39 is 0 Å². The third kappa shape index (κ3) is 5.02. The highest BCUT2D eigenvalue weighted by molar-refractivity contribution is 14.1. The van der Waals surface area contributed by atoms with Crippen molar-refractivity contribution in [1.82, 2.24) is 0 Å². The van der Waals surface area contributed by atoms with Gasteiger partial charge in [-0.25, -0.2) is 0 Å². The number of rotatable bonds is 1. The molecule has 0 rings (SSSR count). The third-order valence-corrected chi connectivity index (χ3v) is 1.82. The smallest absolute Gasteiger partial charge is 0.0364 e. The monoisotopic (exact) mass is 218 g/mol. The average molecular weight is 218 g/mol. The summed E-state index contributed by atoms with van der Waals surface area (Å²) in [5, 5.41) is 0. The van der Waals surface area contributed by atoms with Crippen LogP contribution in [0.2, 0.25) is 0 Å². The number of hydrogen-bond donors (Lipinski definition) is 0. The summed E-state index contributed by atoms with van der Waals surface area (Å²) in [7, 11) is 0. The molecule has 0 aromatic heterocycles. The Bertz CT molecular complexity index is 37.3. The van der Waals surface area contributed by atoms with Crippen molar-refractivity contribution in [2.24, 2.45) is 0 Å². The zero-order chi connectivity index (χ0) is 5.21. The predicted molar refractivity (Wildman–Crippen MR) is 38.8 cm³/mol. The van der Waals surface area contributed by atoms with Crippen LogP contribution in [-0.4, -0.2) is 9.30 Å². The summed E-state index contributed by atoms with van der Waals surface area (Å²) in [6.45, 7) is 4.20. The minimum atomic E-state index is 0.277. The standard InChI is InChI=1S/C4H8ClI/c1-4(2,6)3-5/h3H2,1-2H3. The van der Waals surface area contributed by atoms with Gasteiger partial charge in [0.2, 0.25) is 0 Å². The van der Waals surface area contributed by atoms with E-state index in [4.69, 9.17) is 11.6 Å². The quantitative estimate of drug-likeness (QED) is 0.468. The summed E-state index contributed by atoms with van der Waals surface area (Å²) < 4.78 is 0.277. The van der Waals surface area contributed by atoms with Gasteiger partial charge in [-0.2, -0.15) is 0 Å². The molecule has 38 valence electrons. The van der Waals surface area contributed by atoms with E-state index in [1.807, 2.05) is 0 Å². The molecule has 0 radical (unpaired) electrons. The lowest BCUT2D eigenvalue weighted by molar-refractivity contribution is 0.855. The van der Waals surface area contributed by atoms with Crippen LogP contribution in [0.25, 0.3) is 0 Å². The SMILES string of the molecule is CC(C)(I)CCl. The molecule has 0 saturated heterocycles. The Labute approximate surface area is 57.4 Å². The van der Waals surface area contributed by atoms with Gasteiger partial charge in [-0.3, -0.25) is 0 Å². The van der Waals surface area contributed by atoms with E-state index in [1.54, 1.807) is 0 Å². The van der Waals surface area contributed by atoms with Crippen molar-refractivity contribution < 1.29 is 0 Å². The molecule has 0 aliphatic carbocycles. The van der Waals surface area contributed by atoms with Crippen LogP contribution in [0, 0.1) is 0 Å². The van der Waals surface area contributed by atoms with Crippen molar-refractivity contribution in [1.29, 1.82) is 0 Å². The van der Waals surface area contributed by atoms with Gasteiger partial charge < -0.3 is 0 Å². The minimum absolute atomic E-state index is 0.277. The first kappa shape index (κ1) is 7.02. The fraction of sp³-hybridized carbons (Fsp3) is 1.00. The third-order valence-electron chi connectivity index (χ3n) is 0.318. The van der Waals surface area contributed by atoms with Gasteiger partial charge in [0.1, 0.15) is 0 Å². The lowest BCUT2D eigenvalue weighted by Crippen LogP contribution is -2.09.